The van der Waals surface area contributed by atoms with E-state index in [1.165, 1.54) is 12.3 Å². The molecule has 0 aliphatic carbocycles. The van der Waals surface area contributed by atoms with Crippen molar-refractivity contribution < 1.29 is 22.8 Å². The van der Waals surface area contributed by atoms with E-state index in [-0.39, 0.29) is 17.0 Å². The standard InChI is InChI=1S/C12H17BF2N2O3/c1-11(2)12(3,4)20-13(19-11)7-6-17-9(16)5-8(7)18-10(14)15/h5-6,10H,1-4H3,(H2,16,17). The molecule has 0 radical (unpaired) electrons. The van der Waals surface area contributed by atoms with Crippen LogP contribution < -0.4 is 15.9 Å². The van der Waals surface area contributed by atoms with Crippen molar-refractivity contribution >= 4 is 18.4 Å². The summed E-state index contributed by atoms with van der Waals surface area (Å²) in [6, 6.07) is 1.23. The number of anilines is 1. The molecule has 1 aliphatic rings. The molecular weight excluding hydrogens is 269 g/mol. The topological polar surface area (TPSA) is 66.6 Å². The van der Waals surface area contributed by atoms with Gasteiger partial charge < -0.3 is 19.8 Å². The monoisotopic (exact) mass is 286 g/mol. The van der Waals surface area contributed by atoms with Gasteiger partial charge in [0.2, 0.25) is 0 Å². The van der Waals surface area contributed by atoms with Gasteiger partial charge in [0.15, 0.2) is 0 Å². The Morgan fingerprint density at radius 2 is 1.80 bits per heavy atom. The Balaban J connectivity index is 2.34. The van der Waals surface area contributed by atoms with Crippen molar-refractivity contribution in [2.45, 2.75) is 45.5 Å². The van der Waals surface area contributed by atoms with E-state index >= 15 is 0 Å². The summed E-state index contributed by atoms with van der Waals surface area (Å²) in [5.41, 5.74) is 4.62. The second-order valence-corrected chi connectivity index (χ2v) is 5.61. The lowest BCUT2D eigenvalue weighted by Crippen LogP contribution is -2.41. The van der Waals surface area contributed by atoms with E-state index in [1.807, 2.05) is 27.7 Å². The number of pyridine rings is 1. The number of nitrogens with zero attached hydrogens (tertiary/aromatic N) is 1. The van der Waals surface area contributed by atoms with Crippen LogP contribution in [0, 0.1) is 0 Å². The molecule has 0 spiro atoms. The maximum absolute atomic E-state index is 12.5. The fourth-order valence-electron chi connectivity index (χ4n) is 1.81. The second-order valence-electron chi connectivity index (χ2n) is 5.61. The fraction of sp³-hybridized carbons (Fsp3) is 0.583. The predicted octanol–water partition coefficient (Wildman–Crippen LogP) is 1.56. The first-order valence-electron chi connectivity index (χ1n) is 6.18. The van der Waals surface area contributed by atoms with E-state index < -0.39 is 24.9 Å². The van der Waals surface area contributed by atoms with Crippen molar-refractivity contribution in [2.75, 3.05) is 5.73 Å². The lowest BCUT2D eigenvalue weighted by Gasteiger charge is -2.32. The van der Waals surface area contributed by atoms with Crippen molar-refractivity contribution in [3.8, 4) is 5.75 Å². The zero-order valence-corrected chi connectivity index (χ0v) is 11.8. The smallest absolute Gasteiger partial charge is 0.435 e. The number of rotatable bonds is 3. The van der Waals surface area contributed by atoms with Gasteiger partial charge in [-0.25, -0.2) is 4.98 Å². The highest BCUT2D eigenvalue weighted by molar-refractivity contribution is 6.63. The van der Waals surface area contributed by atoms with E-state index in [9.17, 15) is 8.78 Å². The summed E-state index contributed by atoms with van der Waals surface area (Å²) >= 11 is 0. The van der Waals surface area contributed by atoms with Gasteiger partial charge in [0.1, 0.15) is 11.6 Å². The van der Waals surface area contributed by atoms with E-state index in [0.717, 1.165) is 0 Å². The number of nitrogen functional groups attached to an aromatic ring is 1. The molecule has 0 bridgehead atoms. The van der Waals surface area contributed by atoms with Gasteiger partial charge in [0.05, 0.1) is 11.2 Å². The first-order chi connectivity index (χ1) is 9.12. The highest BCUT2D eigenvalue weighted by atomic mass is 19.3. The Kier molecular flexibility index (Phi) is 3.64. The van der Waals surface area contributed by atoms with Crippen LogP contribution in [0.15, 0.2) is 12.3 Å². The molecule has 1 saturated heterocycles. The molecule has 0 aromatic carbocycles. The van der Waals surface area contributed by atoms with E-state index in [4.69, 9.17) is 15.0 Å². The van der Waals surface area contributed by atoms with Crippen LogP contribution in [0.3, 0.4) is 0 Å². The average Bonchev–Trinajstić information content (AvgIpc) is 2.46. The van der Waals surface area contributed by atoms with Gasteiger partial charge in [-0.05, 0) is 27.7 Å². The third-order valence-corrected chi connectivity index (χ3v) is 3.64. The van der Waals surface area contributed by atoms with Crippen LogP contribution in [0.5, 0.6) is 5.75 Å². The highest BCUT2D eigenvalue weighted by Gasteiger charge is 2.52. The highest BCUT2D eigenvalue weighted by Crippen LogP contribution is 2.37. The van der Waals surface area contributed by atoms with Crippen molar-refractivity contribution in [1.29, 1.82) is 0 Å². The minimum absolute atomic E-state index is 0.0842. The van der Waals surface area contributed by atoms with E-state index in [1.54, 1.807) is 0 Å². The zero-order chi connectivity index (χ0) is 15.1. The van der Waals surface area contributed by atoms with E-state index in [0.29, 0.717) is 0 Å². The Labute approximate surface area is 116 Å². The van der Waals surface area contributed by atoms with Crippen LogP contribution in [0.4, 0.5) is 14.6 Å². The maximum Gasteiger partial charge on any atom is 0.500 e. The van der Waals surface area contributed by atoms with Crippen LogP contribution in [-0.4, -0.2) is 29.9 Å². The van der Waals surface area contributed by atoms with Gasteiger partial charge >= 0.3 is 13.7 Å². The van der Waals surface area contributed by atoms with E-state index in [2.05, 4.69) is 9.72 Å². The molecule has 8 heteroatoms. The molecule has 2 rings (SSSR count). The molecule has 1 aromatic rings. The molecule has 2 N–H and O–H groups in total. The van der Waals surface area contributed by atoms with Crippen LogP contribution in [0.2, 0.25) is 0 Å². The van der Waals surface area contributed by atoms with Gasteiger partial charge in [-0.3, -0.25) is 0 Å². The van der Waals surface area contributed by atoms with Crippen LogP contribution in [-0.2, 0) is 9.31 Å². The second kappa shape index (κ2) is 4.85. The largest absolute Gasteiger partial charge is 0.500 e. The number of ether oxygens (including phenoxy) is 1. The normalized spacial score (nSPS) is 20.4. The SMILES string of the molecule is CC1(C)OB(c2cnc(N)cc2OC(F)F)OC1(C)C. The molecule has 1 fully saturated rings. The van der Waals surface area contributed by atoms with Gasteiger partial charge in [0, 0.05) is 17.7 Å². The summed E-state index contributed by atoms with van der Waals surface area (Å²) in [6.45, 7) is 4.51. The van der Waals surface area contributed by atoms with Crippen molar-refractivity contribution in [2.24, 2.45) is 0 Å². The molecule has 1 aliphatic heterocycles. The van der Waals surface area contributed by atoms with Crippen molar-refractivity contribution in [3.05, 3.63) is 12.3 Å². The fourth-order valence-corrected chi connectivity index (χ4v) is 1.81. The Bertz CT molecular complexity index is 495. The molecule has 1 aromatic heterocycles. The third-order valence-electron chi connectivity index (χ3n) is 3.64. The molecule has 0 amide bonds. The first kappa shape index (κ1) is 15.0. The summed E-state index contributed by atoms with van der Waals surface area (Å²) in [6.07, 6.45) is 1.33. The quantitative estimate of drug-likeness (QED) is 0.854. The van der Waals surface area contributed by atoms with Gasteiger partial charge in [-0.1, -0.05) is 0 Å². The Hall–Kier alpha value is -1.41. The zero-order valence-electron chi connectivity index (χ0n) is 11.8. The Morgan fingerprint density at radius 1 is 1.25 bits per heavy atom. The minimum atomic E-state index is -2.96. The number of hydrogen-bond donors (Lipinski definition) is 1. The lowest BCUT2D eigenvalue weighted by molar-refractivity contribution is -0.0492. The lowest BCUT2D eigenvalue weighted by atomic mass is 9.79. The van der Waals surface area contributed by atoms with Gasteiger partial charge in [0.25, 0.3) is 0 Å². The van der Waals surface area contributed by atoms with Crippen molar-refractivity contribution in [3.63, 3.8) is 0 Å². The molecule has 110 valence electrons. The molecular formula is C12H17BF2N2O3. The number of alkyl halides is 2. The van der Waals surface area contributed by atoms with Gasteiger partial charge in [-0.15, -0.1) is 0 Å². The predicted molar refractivity (Wildman–Crippen MR) is 71.0 cm³/mol. The first-order valence-corrected chi connectivity index (χ1v) is 6.18. The number of halogens is 2. The summed E-state index contributed by atoms with van der Waals surface area (Å²) < 4.78 is 40.9. The summed E-state index contributed by atoms with van der Waals surface area (Å²) in [4.78, 5) is 3.88. The summed E-state index contributed by atoms with van der Waals surface area (Å²) in [7, 11) is -0.832. The Morgan fingerprint density at radius 3 is 2.30 bits per heavy atom. The van der Waals surface area contributed by atoms with Crippen LogP contribution >= 0.6 is 0 Å². The minimum Gasteiger partial charge on any atom is -0.435 e. The molecule has 5 nitrogen and oxygen atoms in total. The molecule has 2 heterocycles. The molecule has 0 saturated carbocycles. The number of aromatic nitrogens is 1. The van der Waals surface area contributed by atoms with Gasteiger partial charge in [-0.2, -0.15) is 8.78 Å². The number of nitrogens with two attached hydrogens (primary N) is 1. The summed E-state index contributed by atoms with van der Waals surface area (Å²) in [5, 5.41) is 0. The average molecular weight is 286 g/mol. The molecule has 0 unspecified atom stereocenters. The molecule has 20 heavy (non-hydrogen) atoms. The van der Waals surface area contributed by atoms with Crippen molar-refractivity contribution in [1.82, 2.24) is 4.98 Å². The maximum atomic E-state index is 12.5. The van der Waals surface area contributed by atoms with Crippen LogP contribution in [0.25, 0.3) is 0 Å². The number of hydrogen-bond acceptors (Lipinski definition) is 5. The van der Waals surface area contributed by atoms with Crippen LogP contribution in [0.1, 0.15) is 27.7 Å². The third kappa shape index (κ3) is 2.71. The molecule has 0 atom stereocenters. The summed E-state index contributed by atoms with van der Waals surface area (Å²) in [5.74, 6) is -0.00748.